The Morgan fingerprint density at radius 1 is 1.33 bits per heavy atom. The lowest BCUT2D eigenvalue weighted by molar-refractivity contribution is -0.126. The molecule has 0 bridgehead atoms. The summed E-state index contributed by atoms with van der Waals surface area (Å²) in [7, 11) is 1.97. The summed E-state index contributed by atoms with van der Waals surface area (Å²) in [5.74, 6) is 2.84. The molecule has 1 aromatic carbocycles. The van der Waals surface area contributed by atoms with Crippen molar-refractivity contribution in [1.82, 2.24) is 10.6 Å². The molecule has 21 heavy (non-hydrogen) atoms. The van der Waals surface area contributed by atoms with Crippen LogP contribution in [0.2, 0.25) is 0 Å². The lowest BCUT2D eigenvalue weighted by Gasteiger charge is -2.14. The molecule has 4 nitrogen and oxygen atoms in total. The minimum absolute atomic E-state index is 0.208. The first kappa shape index (κ1) is 17.1. The number of hydrogen-bond donors (Lipinski definition) is 2. The smallest absolute Gasteiger partial charge is 0.261 e. The summed E-state index contributed by atoms with van der Waals surface area (Å²) >= 11 is 0. The minimum Gasteiger partial charge on any atom is -0.481 e. The molecule has 0 saturated carbocycles. The van der Waals surface area contributed by atoms with Crippen molar-refractivity contribution < 1.29 is 9.53 Å². The van der Waals surface area contributed by atoms with Gasteiger partial charge in [0.25, 0.3) is 5.91 Å². The van der Waals surface area contributed by atoms with E-state index >= 15 is 0 Å². The van der Waals surface area contributed by atoms with Crippen molar-refractivity contribution in [2.24, 2.45) is 0 Å². The summed E-state index contributed by atoms with van der Waals surface area (Å²) in [6.07, 6.45) is 6.63. The Hall–Kier alpha value is -1.99. The van der Waals surface area contributed by atoms with E-state index in [9.17, 15) is 4.79 Å². The fourth-order valence-corrected chi connectivity index (χ4v) is 1.80. The number of aryl methyl sites for hydroxylation is 1. The Morgan fingerprint density at radius 2 is 2.00 bits per heavy atom. The van der Waals surface area contributed by atoms with Gasteiger partial charge in [-0.25, -0.2) is 0 Å². The van der Waals surface area contributed by atoms with Gasteiger partial charge >= 0.3 is 0 Å². The average Bonchev–Trinajstić information content (AvgIpc) is 2.51. The topological polar surface area (TPSA) is 50.4 Å². The van der Waals surface area contributed by atoms with E-state index in [-0.39, 0.29) is 12.5 Å². The highest BCUT2D eigenvalue weighted by Crippen LogP contribution is 2.15. The first-order valence-electron chi connectivity index (χ1n) is 7.20. The van der Waals surface area contributed by atoms with Gasteiger partial charge in [0.15, 0.2) is 6.10 Å². The predicted molar refractivity (Wildman–Crippen MR) is 85.2 cm³/mol. The molecule has 1 aromatic rings. The Morgan fingerprint density at radius 3 is 2.57 bits per heavy atom. The zero-order chi connectivity index (χ0) is 15.7. The van der Waals surface area contributed by atoms with Gasteiger partial charge in [-0.15, -0.1) is 6.42 Å². The fraction of sp³-hybridized carbons (Fsp3) is 0.471. The molecule has 0 heterocycles. The quantitative estimate of drug-likeness (QED) is 0.717. The molecule has 0 saturated heterocycles. The standard InChI is InChI=1S/C17H24N2O2/c1-5-12-19-17(20)14(3)21-16-10-8-15(9-11-16)7-6-13(2)18-4/h1,8-11,13-14,18H,6-7,12H2,2-4H3,(H,19,20). The van der Waals surface area contributed by atoms with Crippen molar-refractivity contribution in [2.45, 2.75) is 38.8 Å². The van der Waals surface area contributed by atoms with Crippen LogP contribution in [0.5, 0.6) is 5.75 Å². The van der Waals surface area contributed by atoms with Crippen molar-refractivity contribution in [1.29, 1.82) is 0 Å². The van der Waals surface area contributed by atoms with Crippen molar-refractivity contribution in [3.63, 3.8) is 0 Å². The zero-order valence-electron chi connectivity index (χ0n) is 13.0. The highest BCUT2D eigenvalue weighted by Gasteiger charge is 2.13. The summed E-state index contributed by atoms with van der Waals surface area (Å²) in [5.41, 5.74) is 1.26. The summed E-state index contributed by atoms with van der Waals surface area (Å²) in [6.45, 7) is 4.08. The van der Waals surface area contributed by atoms with Crippen LogP contribution in [0.1, 0.15) is 25.8 Å². The van der Waals surface area contributed by atoms with Gasteiger partial charge in [-0.05, 0) is 51.4 Å². The van der Waals surface area contributed by atoms with Gasteiger partial charge in [0, 0.05) is 6.04 Å². The van der Waals surface area contributed by atoms with E-state index in [0.717, 1.165) is 12.8 Å². The number of amides is 1. The molecular formula is C17H24N2O2. The van der Waals surface area contributed by atoms with Gasteiger partial charge in [-0.1, -0.05) is 18.1 Å². The van der Waals surface area contributed by atoms with E-state index in [2.05, 4.69) is 23.5 Å². The summed E-state index contributed by atoms with van der Waals surface area (Å²) in [6, 6.07) is 8.35. The van der Waals surface area contributed by atoms with E-state index in [1.807, 2.05) is 31.3 Å². The first-order valence-corrected chi connectivity index (χ1v) is 7.20. The van der Waals surface area contributed by atoms with Crippen molar-refractivity contribution in [3.8, 4) is 18.1 Å². The molecule has 0 fully saturated rings. The van der Waals surface area contributed by atoms with Gasteiger partial charge in [-0.3, -0.25) is 4.79 Å². The van der Waals surface area contributed by atoms with Crippen LogP contribution in [0.4, 0.5) is 0 Å². The van der Waals surface area contributed by atoms with E-state index in [0.29, 0.717) is 11.8 Å². The molecule has 0 aliphatic heterocycles. The SMILES string of the molecule is C#CCNC(=O)C(C)Oc1ccc(CCC(C)NC)cc1. The van der Waals surface area contributed by atoms with Gasteiger partial charge in [-0.2, -0.15) is 0 Å². The van der Waals surface area contributed by atoms with Crippen LogP contribution in [-0.4, -0.2) is 31.6 Å². The molecule has 4 heteroatoms. The third kappa shape index (κ3) is 6.33. The largest absolute Gasteiger partial charge is 0.481 e. The predicted octanol–water partition coefficient (Wildman–Crippen LogP) is 1.74. The molecule has 2 N–H and O–H groups in total. The Balaban J connectivity index is 2.47. The van der Waals surface area contributed by atoms with Crippen LogP contribution in [0.15, 0.2) is 24.3 Å². The Labute approximate surface area is 127 Å². The monoisotopic (exact) mass is 288 g/mol. The molecule has 1 rings (SSSR count). The third-order valence-electron chi connectivity index (χ3n) is 3.33. The molecule has 2 unspecified atom stereocenters. The van der Waals surface area contributed by atoms with Crippen molar-refractivity contribution >= 4 is 5.91 Å². The van der Waals surface area contributed by atoms with Crippen LogP contribution in [0.25, 0.3) is 0 Å². The Kier molecular flexibility index (Phi) is 7.34. The summed E-state index contributed by atoms with van der Waals surface area (Å²) < 4.78 is 5.58. The third-order valence-corrected chi connectivity index (χ3v) is 3.33. The highest BCUT2D eigenvalue weighted by molar-refractivity contribution is 5.80. The zero-order valence-corrected chi connectivity index (χ0v) is 13.0. The molecule has 0 spiro atoms. The average molecular weight is 288 g/mol. The summed E-state index contributed by atoms with van der Waals surface area (Å²) in [4.78, 5) is 11.6. The maximum atomic E-state index is 11.6. The van der Waals surface area contributed by atoms with Crippen LogP contribution in [-0.2, 0) is 11.2 Å². The van der Waals surface area contributed by atoms with Crippen LogP contribution in [0, 0.1) is 12.3 Å². The van der Waals surface area contributed by atoms with Gasteiger partial charge in [0.2, 0.25) is 0 Å². The molecule has 1 amide bonds. The number of hydrogen-bond acceptors (Lipinski definition) is 3. The molecular weight excluding hydrogens is 264 g/mol. The number of carbonyl (C=O) groups is 1. The number of benzene rings is 1. The summed E-state index contributed by atoms with van der Waals surface area (Å²) in [5, 5.41) is 5.81. The van der Waals surface area contributed by atoms with Gasteiger partial charge < -0.3 is 15.4 Å². The number of rotatable bonds is 8. The number of carbonyl (C=O) groups excluding carboxylic acids is 1. The second-order valence-electron chi connectivity index (χ2n) is 5.05. The molecule has 0 aliphatic rings. The lowest BCUT2D eigenvalue weighted by atomic mass is 10.1. The number of terminal acetylenes is 1. The van der Waals surface area contributed by atoms with Crippen LogP contribution >= 0.6 is 0 Å². The van der Waals surface area contributed by atoms with Crippen molar-refractivity contribution in [3.05, 3.63) is 29.8 Å². The second kappa shape index (κ2) is 9.04. The van der Waals surface area contributed by atoms with E-state index in [1.54, 1.807) is 6.92 Å². The molecule has 2 atom stereocenters. The van der Waals surface area contributed by atoms with Gasteiger partial charge in [0.05, 0.1) is 6.54 Å². The number of nitrogens with one attached hydrogen (secondary N) is 2. The maximum absolute atomic E-state index is 11.6. The van der Waals surface area contributed by atoms with Crippen LogP contribution < -0.4 is 15.4 Å². The highest BCUT2D eigenvalue weighted by atomic mass is 16.5. The fourth-order valence-electron chi connectivity index (χ4n) is 1.80. The number of ether oxygens (including phenoxy) is 1. The normalized spacial score (nSPS) is 13.0. The molecule has 0 radical (unpaired) electrons. The second-order valence-corrected chi connectivity index (χ2v) is 5.05. The first-order chi connectivity index (χ1) is 10.1. The van der Waals surface area contributed by atoms with E-state index in [1.165, 1.54) is 5.56 Å². The lowest BCUT2D eigenvalue weighted by Crippen LogP contribution is -2.36. The molecule has 114 valence electrons. The van der Waals surface area contributed by atoms with Crippen LogP contribution in [0.3, 0.4) is 0 Å². The van der Waals surface area contributed by atoms with Crippen molar-refractivity contribution in [2.75, 3.05) is 13.6 Å². The molecule has 0 aliphatic carbocycles. The Bertz CT molecular complexity index is 477. The molecule has 0 aromatic heterocycles. The maximum Gasteiger partial charge on any atom is 0.261 e. The van der Waals surface area contributed by atoms with E-state index in [4.69, 9.17) is 11.2 Å². The minimum atomic E-state index is -0.562. The van der Waals surface area contributed by atoms with Gasteiger partial charge in [0.1, 0.15) is 5.75 Å². The van der Waals surface area contributed by atoms with E-state index < -0.39 is 6.10 Å².